The highest BCUT2D eigenvalue weighted by atomic mass is 32.2. The molecule has 0 saturated heterocycles. The van der Waals surface area contributed by atoms with Gasteiger partial charge in [-0.1, -0.05) is 62.2 Å². The summed E-state index contributed by atoms with van der Waals surface area (Å²) in [5, 5.41) is 0.424. The maximum absolute atomic E-state index is 12.3. The molecule has 1 aromatic carbocycles. The second kappa shape index (κ2) is 9.27. The fraction of sp³-hybridized carbons (Fsp3) is 0.389. The Balaban J connectivity index is 1.85. The van der Waals surface area contributed by atoms with Gasteiger partial charge in [0.2, 0.25) is 0 Å². The van der Waals surface area contributed by atoms with E-state index in [1.165, 1.54) is 49.1 Å². The third-order valence-corrected chi connectivity index (χ3v) is 4.52. The number of Topliss-reactive ketones (excluding diaryl/α,β-unsaturated/α-hetero) is 1. The van der Waals surface area contributed by atoms with Gasteiger partial charge in [-0.3, -0.25) is 4.79 Å². The number of carbonyl (C=O) groups is 1. The lowest BCUT2D eigenvalue weighted by Gasteiger charge is -2.05. The second-order valence-corrected chi connectivity index (χ2v) is 6.66. The van der Waals surface area contributed by atoms with Crippen LogP contribution in [0.1, 0.15) is 48.5 Å². The molecule has 2 aromatic rings. The summed E-state index contributed by atoms with van der Waals surface area (Å²) in [6.07, 6.45) is 6.06. The van der Waals surface area contributed by atoms with Gasteiger partial charge < -0.3 is 11.5 Å². The van der Waals surface area contributed by atoms with Crippen molar-refractivity contribution in [2.24, 2.45) is 0 Å². The Labute approximate surface area is 147 Å². The van der Waals surface area contributed by atoms with E-state index in [-0.39, 0.29) is 11.5 Å². The number of aromatic nitrogens is 2. The molecule has 0 fully saturated rings. The number of thioether (sulfide) groups is 1. The van der Waals surface area contributed by atoms with Gasteiger partial charge in [0.05, 0.1) is 5.75 Å². The molecule has 2 rings (SSSR count). The first kappa shape index (κ1) is 18.3. The molecule has 6 heteroatoms. The van der Waals surface area contributed by atoms with Crippen molar-refractivity contribution >= 4 is 29.2 Å². The molecule has 1 heterocycles. The number of ketones is 1. The lowest BCUT2D eigenvalue weighted by atomic mass is 10.0. The minimum absolute atomic E-state index is 0.0436. The van der Waals surface area contributed by atoms with E-state index in [1.807, 2.05) is 24.3 Å². The lowest BCUT2D eigenvalue weighted by Crippen LogP contribution is -2.05. The standard InChI is InChI=1S/C18H24N4OS/c1-2-3-4-5-6-13-7-9-14(10-8-13)15(23)12-24-18-21-16(19)11-17(20)22-18/h7-11H,2-6,12H2,1H3,(H4,19,20,21,22). The number of anilines is 2. The first-order valence-electron chi connectivity index (χ1n) is 8.23. The first-order valence-corrected chi connectivity index (χ1v) is 9.22. The monoisotopic (exact) mass is 344 g/mol. The van der Waals surface area contributed by atoms with Crippen molar-refractivity contribution in [3.05, 3.63) is 41.5 Å². The summed E-state index contributed by atoms with van der Waals surface area (Å²) < 4.78 is 0. The highest BCUT2D eigenvalue weighted by Gasteiger charge is 2.09. The Morgan fingerprint density at radius 2 is 1.71 bits per heavy atom. The molecule has 0 aliphatic heterocycles. The van der Waals surface area contributed by atoms with Crippen molar-refractivity contribution < 1.29 is 4.79 Å². The van der Waals surface area contributed by atoms with Gasteiger partial charge in [0, 0.05) is 11.6 Å². The summed E-state index contributed by atoms with van der Waals surface area (Å²) in [4.78, 5) is 20.4. The van der Waals surface area contributed by atoms with Crippen LogP contribution in [-0.2, 0) is 6.42 Å². The maximum Gasteiger partial charge on any atom is 0.191 e. The molecule has 0 spiro atoms. The predicted molar refractivity (Wildman–Crippen MR) is 100 cm³/mol. The highest BCUT2D eigenvalue weighted by Crippen LogP contribution is 2.18. The Bertz CT molecular complexity index is 653. The van der Waals surface area contributed by atoms with Crippen LogP contribution in [0.25, 0.3) is 0 Å². The minimum atomic E-state index is 0.0436. The van der Waals surface area contributed by atoms with E-state index in [4.69, 9.17) is 11.5 Å². The molecule has 0 radical (unpaired) electrons. The van der Waals surface area contributed by atoms with Crippen LogP contribution in [-0.4, -0.2) is 21.5 Å². The van der Waals surface area contributed by atoms with Crippen LogP contribution in [0.5, 0.6) is 0 Å². The number of unbranched alkanes of at least 4 members (excludes halogenated alkanes) is 3. The molecule has 0 bridgehead atoms. The number of nitrogens with zero attached hydrogens (tertiary/aromatic N) is 2. The average molecular weight is 344 g/mol. The zero-order valence-corrected chi connectivity index (χ0v) is 14.8. The van der Waals surface area contributed by atoms with Gasteiger partial charge in [-0.15, -0.1) is 0 Å². The van der Waals surface area contributed by atoms with E-state index in [2.05, 4.69) is 16.9 Å². The molecule has 0 saturated carbocycles. The van der Waals surface area contributed by atoms with E-state index in [1.54, 1.807) is 0 Å². The molecule has 0 amide bonds. The van der Waals surface area contributed by atoms with Gasteiger partial charge in [0.1, 0.15) is 11.6 Å². The van der Waals surface area contributed by atoms with Crippen LogP contribution in [0.2, 0.25) is 0 Å². The van der Waals surface area contributed by atoms with E-state index in [0.717, 1.165) is 6.42 Å². The number of benzene rings is 1. The van der Waals surface area contributed by atoms with Crippen molar-refractivity contribution in [3.8, 4) is 0 Å². The molecule has 0 aliphatic carbocycles. The van der Waals surface area contributed by atoms with E-state index >= 15 is 0 Å². The number of nitrogens with two attached hydrogens (primary N) is 2. The zero-order valence-electron chi connectivity index (χ0n) is 14.0. The smallest absolute Gasteiger partial charge is 0.191 e. The summed E-state index contributed by atoms with van der Waals surface area (Å²) in [6.45, 7) is 2.21. The molecule has 128 valence electrons. The molecule has 0 atom stereocenters. The Morgan fingerprint density at radius 1 is 1.04 bits per heavy atom. The van der Waals surface area contributed by atoms with E-state index in [9.17, 15) is 4.79 Å². The number of hydrogen-bond acceptors (Lipinski definition) is 6. The molecule has 0 aliphatic rings. The Hall–Kier alpha value is -2.08. The number of nitrogen functional groups attached to an aromatic ring is 2. The van der Waals surface area contributed by atoms with Crippen molar-refractivity contribution in [3.63, 3.8) is 0 Å². The molecule has 24 heavy (non-hydrogen) atoms. The van der Waals surface area contributed by atoms with Crippen LogP contribution in [0.3, 0.4) is 0 Å². The molecular weight excluding hydrogens is 320 g/mol. The molecule has 1 aromatic heterocycles. The first-order chi connectivity index (χ1) is 11.6. The fourth-order valence-corrected chi connectivity index (χ4v) is 3.12. The van der Waals surface area contributed by atoms with Gasteiger partial charge in [0.25, 0.3) is 0 Å². The van der Waals surface area contributed by atoms with Crippen LogP contribution in [0, 0.1) is 0 Å². The largest absolute Gasteiger partial charge is 0.383 e. The fourth-order valence-electron chi connectivity index (χ4n) is 2.35. The van der Waals surface area contributed by atoms with Gasteiger partial charge in [0.15, 0.2) is 10.9 Å². The third-order valence-electron chi connectivity index (χ3n) is 3.67. The third kappa shape index (κ3) is 5.85. The summed E-state index contributed by atoms with van der Waals surface area (Å²) in [6, 6.07) is 9.36. The van der Waals surface area contributed by atoms with Crippen molar-refractivity contribution in [2.45, 2.75) is 44.2 Å². The van der Waals surface area contributed by atoms with E-state index < -0.39 is 0 Å². The minimum Gasteiger partial charge on any atom is -0.383 e. The van der Waals surface area contributed by atoms with Crippen molar-refractivity contribution in [1.82, 2.24) is 9.97 Å². The SMILES string of the molecule is CCCCCCc1ccc(C(=O)CSc2nc(N)cc(N)n2)cc1. The summed E-state index contributed by atoms with van der Waals surface area (Å²) in [5.41, 5.74) is 13.2. The number of carbonyl (C=O) groups excluding carboxylic acids is 1. The topological polar surface area (TPSA) is 94.9 Å². The predicted octanol–water partition coefficient (Wildman–Crippen LogP) is 3.74. The van der Waals surface area contributed by atoms with Crippen molar-refractivity contribution in [2.75, 3.05) is 17.2 Å². The second-order valence-electron chi connectivity index (χ2n) is 5.72. The molecule has 5 nitrogen and oxygen atoms in total. The van der Waals surface area contributed by atoms with E-state index in [0.29, 0.717) is 22.4 Å². The molecule has 4 N–H and O–H groups in total. The van der Waals surface area contributed by atoms with Gasteiger partial charge in [-0.2, -0.15) is 0 Å². The van der Waals surface area contributed by atoms with Crippen LogP contribution in [0.4, 0.5) is 11.6 Å². The zero-order chi connectivity index (χ0) is 17.4. The number of aryl methyl sites for hydroxylation is 1. The quantitative estimate of drug-likeness (QED) is 0.311. The van der Waals surface area contributed by atoms with Crippen LogP contribution < -0.4 is 11.5 Å². The Kier molecular flexibility index (Phi) is 7.06. The van der Waals surface area contributed by atoms with Crippen LogP contribution >= 0.6 is 11.8 Å². The van der Waals surface area contributed by atoms with Gasteiger partial charge in [-0.25, -0.2) is 9.97 Å². The summed E-state index contributed by atoms with van der Waals surface area (Å²) in [5.74, 6) is 0.926. The lowest BCUT2D eigenvalue weighted by molar-refractivity contribution is 0.102. The summed E-state index contributed by atoms with van der Waals surface area (Å²) >= 11 is 1.24. The molecular formula is C18H24N4OS. The molecule has 0 unspecified atom stereocenters. The highest BCUT2D eigenvalue weighted by molar-refractivity contribution is 7.99. The van der Waals surface area contributed by atoms with Gasteiger partial charge in [-0.05, 0) is 18.4 Å². The maximum atomic E-state index is 12.3. The average Bonchev–Trinajstić information content (AvgIpc) is 2.56. The summed E-state index contributed by atoms with van der Waals surface area (Å²) in [7, 11) is 0. The van der Waals surface area contributed by atoms with Gasteiger partial charge >= 0.3 is 0 Å². The van der Waals surface area contributed by atoms with Crippen molar-refractivity contribution in [1.29, 1.82) is 0 Å². The Morgan fingerprint density at radius 3 is 2.33 bits per heavy atom. The number of rotatable bonds is 9. The normalized spacial score (nSPS) is 10.7. The van der Waals surface area contributed by atoms with Crippen LogP contribution in [0.15, 0.2) is 35.5 Å². The number of hydrogen-bond donors (Lipinski definition) is 2.